The Morgan fingerprint density at radius 2 is 1.89 bits per heavy atom. The number of carboxylic acid groups (broad SMARTS) is 1. The van der Waals surface area contributed by atoms with Crippen LogP contribution in [-0.2, 0) is 10.0 Å². The summed E-state index contributed by atoms with van der Waals surface area (Å²) in [6, 6.07) is 10.3. The van der Waals surface area contributed by atoms with Crippen LogP contribution in [0.5, 0.6) is 0 Å². The minimum atomic E-state index is -3.66. The van der Waals surface area contributed by atoms with Crippen molar-refractivity contribution in [1.82, 2.24) is 4.72 Å². The molecule has 0 radical (unpaired) electrons. The van der Waals surface area contributed by atoms with Gasteiger partial charge in [0.1, 0.15) is 0 Å². The third kappa shape index (κ3) is 4.72. The Balaban J connectivity index is 1.75. The lowest BCUT2D eigenvalue weighted by atomic mass is 10.1. The number of amides is 1. The Bertz CT molecular complexity index is 997. The molecule has 1 amide bonds. The van der Waals surface area contributed by atoms with E-state index in [2.05, 4.69) is 10.0 Å². The molecule has 0 unspecified atom stereocenters. The van der Waals surface area contributed by atoms with Gasteiger partial charge >= 0.3 is 5.97 Å². The molecule has 0 aromatic heterocycles. The van der Waals surface area contributed by atoms with Crippen molar-refractivity contribution in [3.63, 3.8) is 0 Å². The molecule has 142 valence electrons. The van der Waals surface area contributed by atoms with Crippen molar-refractivity contribution in [2.45, 2.75) is 24.7 Å². The van der Waals surface area contributed by atoms with Crippen LogP contribution < -0.4 is 10.0 Å². The molecule has 7 nitrogen and oxygen atoms in total. The predicted octanol–water partition coefficient (Wildman–Crippen LogP) is 2.63. The van der Waals surface area contributed by atoms with Gasteiger partial charge in [0.25, 0.3) is 5.91 Å². The molecule has 0 bridgehead atoms. The minimum absolute atomic E-state index is 0.0354. The first-order valence-corrected chi connectivity index (χ1v) is 9.99. The molecule has 0 heterocycles. The molecule has 0 aliphatic heterocycles. The highest BCUT2D eigenvalue weighted by Gasteiger charge is 2.24. The number of nitrogens with one attached hydrogen (secondary N) is 2. The lowest BCUT2D eigenvalue weighted by Crippen LogP contribution is -2.26. The Morgan fingerprint density at radius 1 is 1.15 bits per heavy atom. The summed E-state index contributed by atoms with van der Waals surface area (Å²) in [5, 5.41) is 11.7. The number of hydrogen-bond acceptors (Lipinski definition) is 4. The van der Waals surface area contributed by atoms with E-state index < -0.39 is 21.9 Å². The first-order valence-electron chi connectivity index (χ1n) is 8.51. The van der Waals surface area contributed by atoms with Gasteiger partial charge in [-0.3, -0.25) is 4.79 Å². The van der Waals surface area contributed by atoms with Crippen LogP contribution in [0.1, 0.15) is 39.1 Å². The molecule has 1 aliphatic rings. The monoisotopic (exact) mass is 388 g/mol. The van der Waals surface area contributed by atoms with E-state index in [1.807, 2.05) is 0 Å². The molecule has 27 heavy (non-hydrogen) atoms. The van der Waals surface area contributed by atoms with E-state index in [1.165, 1.54) is 36.4 Å². The molecular formula is C19H20N2O5S. The van der Waals surface area contributed by atoms with Crippen LogP contribution in [0, 0.1) is 12.8 Å². The van der Waals surface area contributed by atoms with Gasteiger partial charge in [-0.1, -0.05) is 6.07 Å². The van der Waals surface area contributed by atoms with Crippen LogP contribution in [0.15, 0.2) is 47.4 Å². The number of benzene rings is 2. The molecule has 0 spiro atoms. The summed E-state index contributed by atoms with van der Waals surface area (Å²) < 4.78 is 27.3. The first-order chi connectivity index (χ1) is 12.8. The van der Waals surface area contributed by atoms with E-state index in [1.54, 1.807) is 13.0 Å². The maximum Gasteiger partial charge on any atom is 0.335 e. The fourth-order valence-corrected chi connectivity index (χ4v) is 3.78. The Hall–Kier alpha value is -2.71. The predicted molar refractivity (Wildman–Crippen MR) is 100 cm³/mol. The van der Waals surface area contributed by atoms with Gasteiger partial charge in [-0.05, 0) is 67.6 Å². The third-order valence-corrected chi connectivity index (χ3v) is 5.80. The average Bonchev–Trinajstić information content (AvgIpc) is 3.44. The number of anilines is 1. The van der Waals surface area contributed by atoms with Gasteiger partial charge in [-0.2, -0.15) is 0 Å². The van der Waals surface area contributed by atoms with Gasteiger partial charge in [0.05, 0.1) is 10.5 Å². The van der Waals surface area contributed by atoms with Crippen molar-refractivity contribution in [2.75, 3.05) is 11.9 Å². The van der Waals surface area contributed by atoms with Gasteiger partial charge in [0, 0.05) is 17.8 Å². The number of carboxylic acids is 1. The first kappa shape index (κ1) is 19.1. The van der Waals surface area contributed by atoms with Crippen LogP contribution in [-0.4, -0.2) is 31.9 Å². The molecule has 3 rings (SSSR count). The highest BCUT2D eigenvalue weighted by Crippen LogP contribution is 2.28. The smallest absolute Gasteiger partial charge is 0.335 e. The fourth-order valence-electron chi connectivity index (χ4n) is 2.62. The number of hydrogen-bond donors (Lipinski definition) is 3. The third-order valence-electron chi connectivity index (χ3n) is 4.38. The Labute approximate surface area is 157 Å². The quantitative estimate of drug-likeness (QED) is 0.675. The van der Waals surface area contributed by atoms with Gasteiger partial charge in [-0.25, -0.2) is 17.9 Å². The number of carbonyl (C=O) groups is 2. The second-order valence-corrected chi connectivity index (χ2v) is 8.38. The average molecular weight is 388 g/mol. The SMILES string of the molecule is Cc1cc(NC(=O)c2cccc(S(=O)(=O)NCC3CC3)c2)ccc1C(=O)O. The lowest BCUT2D eigenvalue weighted by Gasteiger charge is -2.10. The summed E-state index contributed by atoms with van der Waals surface area (Å²) in [5.41, 5.74) is 1.30. The molecule has 1 saturated carbocycles. The largest absolute Gasteiger partial charge is 0.478 e. The van der Waals surface area contributed by atoms with E-state index in [4.69, 9.17) is 5.11 Å². The van der Waals surface area contributed by atoms with Gasteiger partial charge in [0.15, 0.2) is 0 Å². The minimum Gasteiger partial charge on any atom is -0.478 e. The summed E-state index contributed by atoms with van der Waals surface area (Å²) >= 11 is 0. The second-order valence-electron chi connectivity index (χ2n) is 6.61. The highest BCUT2D eigenvalue weighted by molar-refractivity contribution is 7.89. The standard InChI is InChI=1S/C19H20N2O5S/c1-12-9-15(7-8-17(12)19(23)24)21-18(22)14-3-2-4-16(10-14)27(25,26)20-11-13-5-6-13/h2-4,7-10,13,20H,5-6,11H2,1H3,(H,21,22)(H,23,24). The van der Waals surface area contributed by atoms with Crippen molar-refractivity contribution < 1.29 is 23.1 Å². The molecule has 8 heteroatoms. The zero-order valence-corrected chi connectivity index (χ0v) is 15.5. The molecule has 1 aliphatic carbocycles. The molecule has 0 saturated heterocycles. The lowest BCUT2D eigenvalue weighted by molar-refractivity contribution is 0.0696. The topological polar surface area (TPSA) is 113 Å². The van der Waals surface area contributed by atoms with Crippen LogP contribution in [0.2, 0.25) is 0 Å². The summed E-state index contributed by atoms with van der Waals surface area (Å²) in [7, 11) is -3.66. The molecule has 0 atom stereocenters. The number of sulfonamides is 1. The molecule has 2 aromatic carbocycles. The van der Waals surface area contributed by atoms with Crippen LogP contribution in [0.3, 0.4) is 0 Å². The van der Waals surface area contributed by atoms with Crippen LogP contribution in [0.25, 0.3) is 0 Å². The van der Waals surface area contributed by atoms with Gasteiger partial charge in [-0.15, -0.1) is 0 Å². The van der Waals surface area contributed by atoms with E-state index in [0.717, 1.165) is 12.8 Å². The van der Waals surface area contributed by atoms with E-state index in [9.17, 15) is 18.0 Å². The number of aromatic carboxylic acids is 1. The molecule has 2 aromatic rings. The van der Waals surface area contributed by atoms with Crippen molar-refractivity contribution in [3.8, 4) is 0 Å². The maximum atomic E-state index is 12.5. The molecule has 3 N–H and O–H groups in total. The zero-order valence-electron chi connectivity index (χ0n) is 14.7. The summed E-state index contributed by atoms with van der Waals surface area (Å²) in [6.45, 7) is 2.05. The van der Waals surface area contributed by atoms with Crippen LogP contribution in [0.4, 0.5) is 5.69 Å². The fraction of sp³-hybridized carbons (Fsp3) is 0.263. The Kier molecular flexibility index (Phi) is 5.29. The van der Waals surface area contributed by atoms with Crippen molar-refractivity contribution >= 4 is 27.6 Å². The number of aryl methyl sites for hydroxylation is 1. The van der Waals surface area contributed by atoms with E-state index in [0.29, 0.717) is 23.7 Å². The van der Waals surface area contributed by atoms with Crippen molar-refractivity contribution in [1.29, 1.82) is 0 Å². The second kappa shape index (κ2) is 7.50. The van der Waals surface area contributed by atoms with E-state index >= 15 is 0 Å². The molecular weight excluding hydrogens is 368 g/mol. The van der Waals surface area contributed by atoms with Crippen molar-refractivity contribution in [3.05, 3.63) is 59.2 Å². The van der Waals surface area contributed by atoms with Gasteiger partial charge in [0.2, 0.25) is 10.0 Å². The normalized spacial score (nSPS) is 14.0. The summed E-state index contributed by atoms with van der Waals surface area (Å²) in [5.74, 6) is -1.11. The molecule has 1 fully saturated rings. The van der Waals surface area contributed by atoms with Crippen molar-refractivity contribution in [2.24, 2.45) is 5.92 Å². The van der Waals surface area contributed by atoms with Crippen LogP contribution >= 0.6 is 0 Å². The van der Waals surface area contributed by atoms with E-state index in [-0.39, 0.29) is 16.0 Å². The summed E-state index contributed by atoms with van der Waals surface area (Å²) in [4.78, 5) is 23.5. The number of rotatable bonds is 7. The highest BCUT2D eigenvalue weighted by atomic mass is 32.2. The maximum absolute atomic E-state index is 12.5. The summed E-state index contributed by atoms with van der Waals surface area (Å²) in [6.07, 6.45) is 2.07. The Morgan fingerprint density at radius 3 is 2.52 bits per heavy atom. The van der Waals surface area contributed by atoms with Gasteiger partial charge < -0.3 is 10.4 Å². The zero-order chi connectivity index (χ0) is 19.6. The number of carbonyl (C=O) groups excluding carboxylic acids is 1.